The van der Waals surface area contributed by atoms with Crippen LogP contribution in [0.4, 0.5) is 0 Å². The van der Waals surface area contributed by atoms with Gasteiger partial charge in [0.05, 0.1) is 11.0 Å². The fraction of sp³-hybridized carbons (Fsp3) is 0.0196. The third-order valence-electron chi connectivity index (χ3n) is 10.8. The standard InChI is InChI=1S/C51H34N4O/c1-4-15-33(16-5-1)36-21-14-22-37(29-36)43-31-39(32-44-42-24-11-13-26-47(42)56-48(43)44)55-45-25-12-10-23-40(45)41-28-27-38(30-46(41)55)51-53-49(34-17-6-2-7-18-34)52-50(54-51)35-19-8-3-9-20-35/h1-32,49H,(H,52,53,54). The molecule has 1 aliphatic heterocycles. The lowest BCUT2D eigenvalue weighted by molar-refractivity contribution is 0.670. The van der Waals surface area contributed by atoms with Crippen molar-refractivity contribution in [2.75, 3.05) is 0 Å². The first-order valence-corrected chi connectivity index (χ1v) is 18.9. The van der Waals surface area contributed by atoms with Crippen molar-refractivity contribution in [2.45, 2.75) is 6.17 Å². The van der Waals surface area contributed by atoms with E-state index in [4.69, 9.17) is 14.4 Å². The minimum absolute atomic E-state index is 0.286. The molecule has 1 unspecified atom stereocenters. The van der Waals surface area contributed by atoms with E-state index < -0.39 is 0 Å². The number of aromatic nitrogens is 1. The summed E-state index contributed by atoms with van der Waals surface area (Å²) in [4.78, 5) is 10.4. The molecule has 0 spiro atoms. The van der Waals surface area contributed by atoms with Gasteiger partial charge in [-0.2, -0.15) is 0 Å². The Morgan fingerprint density at radius 2 is 1.12 bits per heavy atom. The predicted octanol–water partition coefficient (Wildman–Crippen LogP) is 12.5. The molecular weight excluding hydrogens is 685 g/mol. The molecule has 0 bridgehead atoms. The second kappa shape index (κ2) is 13.1. The second-order valence-corrected chi connectivity index (χ2v) is 14.2. The summed E-state index contributed by atoms with van der Waals surface area (Å²) in [5.74, 6) is 1.48. The maximum absolute atomic E-state index is 6.68. The van der Waals surface area contributed by atoms with E-state index in [9.17, 15) is 0 Å². The van der Waals surface area contributed by atoms with Crippen LogP contribution in [0.5, 0.6) is 0 Å². The summed E-state index contributed by atoms with van der Waals surface area (Å²) in [6.07, 6.45) is -0.286. The summed E-state index contributed by atoms with van der Waals surface area (Å²) >= 11 is 0. The Morgan fingerprint density at radius 3 is 1.95 bits per heavy atom. The number of hydrogen-bond acceptors (Lipinski definition) is 4. The van der Waals surface area contributed by atoms with E-state index in [-0.39, 0.29) is 6.17 Å². The SMILES string of the molecule is c1ccc(C2=NC(c3ccc4c5ccccc5n(-c5cc(-c6cccc(-c7ccccc7)c6)c6oc7ccccc7c6c5)c4c3)=NC(c3ccccc3)N2)cc1. The van der Waals surface area contributed by atoms with Crippen LogP contribution in [0.15, 0.2) is 209 Å². The average Bonchev–Trinajstić information content (AvgIpc) is 3.82. The number of rotatable bonds is 6. The highest BCUT2D eigenvalue weighted by Gasteiger charge is 2.23. The molecule has 5 heteroatoms. The van der Waals surface area contributed by atoms with E-state index >= 15 is 0 Å². The Bertz CT molecular complexity index is 3160. The van der Waals surface area contributed by atoms with Gasteiger partial charge in [0.25, 0.3) is 0 Å². The number of nitrogens with one attached hydrogen (secondary N) is 1. The van der Waals surface area contributed by atoms with Gasteiger partial charge < -0.3 is 14.3 Å². The molecule has 0 aliphatic carbocycles. The van der Waals surface area contributed by atoms with E-state index in [1.807, 2.05) is 30.3 Å². The summed E-state index contributed by atoms with van der Waals surface area (Å²) in [6.45, 7) is 0. The van der Waals surface area contributed by atoms with Gasteiger partial charge in [-0.25, -0.2) is 9.98 Å². The van der Waals surface area contributed by atoms with Crippen molar-refractivity contribution >= 4 is 55.4 Å². The van der Waals surface area contributed by atoms with Crippen LogP contribution >= 0.6 is 0 Å². The Hall–Kier alpha value is -7.50. The van der Waals surface area contributed by atoms with Gasteiger partial charge in [0.1, 0.15) is 23.2 Å². The fourth-order valence-corrected chi connectivity index (χ4v) is 8.17. The lowest BCUT2D eigenvalue weighted by Crippen LogP contribution is -2.33. The number of furan rings is 1. The van der Waals surface area contributed by atoms with Crippen LogP contribution in [-0.2, 0) is 0 Å². The maximum atomic E-state index is 6.68. The van der Waals surface area contributed by atoms with E-state index in [0.717, 1.165) is 83.3 Å². The Balaban J connectivity index is 1.15. The number of benzene rings is 8. The summed E-state index contributed by atoms with van der Waals surface area (Å²) in [5.41, 5.74) is 12.5. The number of hydrogen-bond donors (Lipinski definition) is 1. The molecule has 1 aliphatic rings. The molecule has 0 radical (unpaired) electrons. The smallest absolute Gasteiger partial charge is 0.159 e. The van der Waals surface area contributed by atoms with E-state index in [2.05, 4.69) is 174 Å². The van der Waals surface area contributed by atoms with E-state index in [1.54, 1.807) is 0 Å². The first-order chi connectivity index (χ1) is 27.7. The molecule has 0 saturated heterocycles. The van der Waals surface area contributed by atoms with Crippen LogP contribution in [0.25, 0.3) is 71.7 Å². The Morgan fingerprint density at radius 1 is 0.464 bits per heavy atom. The van der Waals surface area contributed by atoms with Crippen molar-refractivity contribution in [2.24, 2.45) is 9.98 Å². The molecule has 3 heterocycles. The molecular formula is C51H34N4O. The minimum atomic E-state index is -0.286. The largest absolute Gasteiger partial charge is 0.455 e. The van der Waals surface area contributed by atoms with Crippen LogP contribution in [0.2, 0.25) is 0 Å². The van der Waals surface area contributed by atoms with Crippen LogP contribution < -0.4 is 5.32 Å². The van der Waals surface area contributed by atoms with Crippen LogP contribution in [-0.4, -0.2) is 16.2 Å². The lowest BCUT2D eigenvalue weighted by atomic mass is 9.97. The van der Waals surface area contributed by atoms with Gasteiger partial charge in [-0.3, -0.25) is 0 Å². The van der Waals surface area contributed by atoms with Gasteiger partial charge in [0, 0.05) is 43.9 Å². The van der Waals surface area contributed by atoms with Gasteiger partial charge in [-0.05, 0) is 58.7 Å². The topological polar surface area (TPSA) is 54.8 Å². The van der Waals surface area contributed by atoms with Crippen molar-refractivity contribution < 1.29 is 4.42 Å². The van der Waals surface area contributed by atoms with Crippen molar-refractivity contribution in [3.8, 4) is 27.9 Å². The van der Waals surface area contributed by atoms with Gasteiger partial charge in [-0.1, -0.05) is 158 Å². The summed E-state index contributed by atoms with van der Waals surface area (Å²) in [7, 11) is 0. The zero-order valence-electron chi connectivity index (χ0n) is 30.3. The summed E-state index contributed by atoms with van der Waals surface area (Å²) in [5, 5.41) is 8.10. The van der Waals surface area contributed by atoms with Crippen LogP contribution in [0.1, 0.15) is 22.9 Å². The molecule has 0 saturated carbocycles. The first kappa shape index (κ1) is 32.0. The van der Waals surface area contributed by atoms with Crippen molar-refractivity contribution in [3.63, 3.8) is 0 Å². The average molecular weight is 719 g/mol. The van der Waals surface area contributed by atoms with Gasteiger partial charge in [-0.15, -0.1) is 0 Å². The highest BCUT2D eigenvalue weighted by Crippen LogP contribution is 2.41. The quantitative estimate of drug-likeness (QED) is 0.186. The van der Waals surface area contributed by atoms with Crippen molar-refractivity contribution in [1.82, 2.24) is 9.88 Å². The number of fused-ring (bicyclic) bond motifs is 6. The predicted molar refractivity (Wildman–Crippen MR) is 231 cm³/mol. The Labute approximate surface area is 323 Å². The minimum Gasteiger partial charge on any atom is -0.455 e. The monoisotopic (exact) mass is 718 g/mol. The molecule has 8 aromatic carbocycles. The highest BCUT2D eigenvalue weighted by molar-refractivity contribution is 6.17. The van der Waals surface area contributed by atoms with Gasteiger partial charge >= 0.3 is 0 Å². The van der Waals surface area contributed by atoms with Gasteiger partial charge in [0.2, 0.25) is 0 Å². The van der Waals surface area contributed by atoms with Crippen molar-refractivity contribution in [3.05, 3.63) is 211 Å². The van der Waals surface area contributed by atoms with E-state index in [1.165, 1.54) is 10.9 Å². The number of amidine groups is 2. The lowest BCUT2D eigenvalue weighted by Gasteiger charge is -2.23. The summed E-state index contributed by atoms with van der Waals surface area (Å²) < 4.78 is 9.06. The molecule has 10 aromatic rings. The molecule has 0 amide bonds. The van der Waals surface area contributed by atoms with Crippen LogP contribution in [0, 0.1) is 0 Å². The van der Waals surface area contributed by atoms with E-state index in [0.29, 0.717) is 5.84 Å². The third kappa shape index (κ3) is 5.40. The molecule has 56 heavy (non-hydrogen) atoms. The van der Waals surface area contributed by atoms with Crippen molar-refractivity contribution in [1.29, 1.82) is 0 Å². The summed E-state index contributed by atoms with van der Waals surface area (Å²) in [6, 6.07) is 68.1. The molecule has 11 rings (SSSR count). The molecule has 1 atom stereocenters. The third-order valence-corrected chi connectivity index (χ3v) is 10.8. The first-order valence-electron chi connectivity index (χ1n) is 18.9. The number of para-hydroxylation sites is 2. The Kier molecular flexibility index (Phi) is 7.49. The molecule has 1 N–H and O–H groups in total. The number of aliphatic imine (C=N–C) groups is 2. The van der Waals surface area contributed by atoms with Crippen LogP contribution in [0.3, 0.4) is 0 Å². The molecule has 2 aromatic heterocycles. The number of nitrogens with zero attached hydrogens (tertiary/aromatic N) is 3. The zero-order chi connectivity index (χ0) is 37.0. The molecule has 264 valence electrons. The second-order valence-electron chi connectivity index (χ2n) is 14.2. The maximum Gasteiger partial charge on any atom is 0.159 e. The molecule has 5 nitrogen and oxygen atoms in total. The zero-order valence-corrected chi connectivity index (χ0v) is 30.3. The fourth-order valence-electron chi connectivity index (χ4n) is 8.17. The normalized spacial score (nSPS) is 14.2. The van der Waals surface area contributed by atoms with Gasteiger partial charge in [0.15, 0.2) is 5.84 Å². The highest BCUT2D eigenvalue weighted by atomic mass is 16.3. The molecule has 0 fully saturated rings.